The van der Waals surface area contributed by atoms with Crippen LogP contribution in [0.3, 0.4) is 0 Å². The molecule has 1 aromatic carbocycles. The van der Waals surface area contributed by atoms with E-state index in [1.807, 2.05) is 6.07 Å². The molecule has 2 heterocycles. The monoisotopic (exact) mass is 455 g/mol. The Hall–Kier alpha value is -3.10. The van der Waals surface area contributed by atoms with Crippen molar-refractivity contribution in [2.75, 3.05) is 25.1 Å². The number of carbonyl (C=O) groups excluding carboxylic acids is 1. The largest absolute Gasteiger partial charge is 0.437 e. The molecule has 0 atom stereocenters. The van der Waals surface area contributed by atoms with E-state index in [1.165, 1.54) is 18.2 Å². The summed E-state index contributed by atoms with van der Waals surface area (Å²) < 4.78 is 50.4. The van der Waals surface area contributed by atoms with Crippen LogP contribution < -0.4 is 15.4 Å². The van der Waals surface area contributed by atoms with E-state index in [0.717, 1.165) is 19.0 Å². The maximum absolute atomic E-state index is 13.5. The van der Waals surface area contributed by atoms with E-state index in [-0.39, 0.29) is 28.7 Å². The molecule has 0 spiro atoms. The van der Waals surface area contributed by atoms with E-state index in [1.54, 1.807) is 0 Å². The lowest BCUT2D eigenvalue weighted by molar-refractivity contribution is -0.142. The van der Waals surface area contributed by atoms with E-state index in [9.17, 15) is 18.0 Å². The van der Waals surface area contributed by atoms with Crippen LogP contribution in [-0.2, 0) is 10.9 Å². The Balaban J connectivity index is 1.72. The number of nitrogens with zero attached hydrogens (tertiary/aromatic N) is 3. The first kappa shape index (κ1) is 22.6. The SMILES string of the molecule is N#Cc1ccc(Nc2ncc(OC(=O)NCC3CCOCC3)c(C(F)(F)F)n2)c(Cl)c1. The normalized spacial score (nSPS) is 14.5. The van der Waals surface area contributed by atoms with Gasteiger partial charge in [0.15, 0.2) is 11.4 Å². The molecule has 1 aliphatic heterocycles. The van der Waals surface area contributed by atoms with Gasteiger partial charge in [0.2, 0.25) is 5.95 Å². The molecule has 1 aliphatic rings. The molecule has 1 fully saturated rings. The van der Waals surface area contributed by atoms with Crippen molar-refractivity contribution in [3.05, 3.63) is 40.7 Å². The lowest BCUT2D eigenvalue weighted by Crippen LogP contribution is -2.34. The number of alkyl halides is 3. The molecule has 0 unspecified atom stereocenters. The van der Waals surface area contributed by atoms with Crippen molar-refractivity contribution in [1.29, 1.82) is 5.26 Å². The van der Waals surface area contributed by atoms with Crippen LogP contribution in [0.2, 0.25) is 5.02 Å². The summed E-state index contributed by atoms with van der Waals surface area (Å²) in [5, 5.41) is 14.0. The number of halogens is 4. The number of aromatic nitrogens is 2. The first-order valence-electron chi connectivity index (χ1n) is 9.20. The Kier molecular flexibility index (Phi) is 7.14. The third-order valence-corrected chi connectivity index (χ3v) is 4.76. The summed E-state index contributed by atoms with van der Waals surface area (Å²) in [6.45, 7) is 1.41. The number of rotatable bonds is 5. The van der Waals surface area contributed by atoms with Crippen molar-refractivity contribution >= 4 is 29.3 Å². The molecule has 1 saturated heterocycles. The Morgan fingerprint density at radius 1 is 1.35 bits per heavy atom. The fraction of sp³-hybridized carbons (Fsp3) is 0.368. The number of anilines is 2. The molecule has 164 valence electrons. The maximum Gasteiger partial charge on any atom is 0.437 e. The highest BCUT2D eigenvalue weighted by molar-refractivity contribution is 6.33. The van der Waals surface area contributed by atoms with Crippen LogP contribution in [0.4, 0.5) is 29.6 Å². The Morgan fingerprint density at radius 3 is 2.74 bits per heavy atom. The second-order valence-corrected chi connectivity index (χ2v) is 7.07. The fourth-order valence-corrected chi connectivity index (χ4v) is 3.06. The van der Waals surface area contributed by atoms with Crippen molar-refractivity contribution < 1.29 is 27.4 Å². The lowest BCUT2D eigenvalue weighted by Gasteiger charge is -2.22. The van der Waals surface area contributed by atoms with Gasteiger partial charge >= 0.3 is 12.3 Å². The zero-order valence-electron chi connectivity index (χ0n) is 16.0. The minimum Gasteiger partial charge on any atom is -0.406 e. The average Bonchev–Trinajstić information content (AvgIpc) is 2.74. The number of ether oxygens (including phenoxy) is 2. The van der Waals surface area contributed by atoms with E-state index < -0.39 is 29.7 Å². The van der Waals surface area contributed by atoms with Gasteiger partial charge < -0.3 is 20.1 Å². The molecule has 12 heteroatoms. The molecule has 0 saturated carbocycles. The molecule has 8 nitrogen and oxygen atoms in total. The van der Waals surface area contributed by atoms with Gasteiger partial charge in [0.1, 0.15) is 0 Å². The highest BCUT2D eigenvalue weighted by atomic mass is 35.5. The van der Waals surface area contributed by atoms with Gasteiger partial charge in [-0.05, 0) is 37.0 Å². The highest BCUT2D eigenvalue weighted by Gasteiger charge is 2.38. The number of hydrogen-bond acceptors (Lipinski definition) is 7. The average molecular weight is 456 g/mol. The standard InChI is InChI=1S/C19H17ClF3N5O3/c20-13-7-12(8-24)1-2-14(13)27-17-25-10-15(16(28-17)19(21,22)23)31-18(29)26-9-11-3-5-30-6-4-11/h1-2,7,10-11H,3-6,9H2,(H,26,29)(H,25,27,28). The molecular weight excluding hydrogens is 439 g/mol. The summed E-state index contributed by atoms with van der Waals surface area (Å²) >= 11 is 6.01. The Labute approximate surface area is 180 Å². The minimum absolute atomic E-state index is 0.101. The van der Waals surface area contributed by atoms with Gasteiger partial charge in [0.25, 0.3) is 0 Å². The van der Waals surface area contributed by atoms with E-state index in [4.69, 9.17) is 26.3 Å². The topological polar surface area (TPSA) is 109 Å². The van der Waals surface area contributed by atoms with Gasteiger partial charge in [-0.1, -0.05) is 11.6 Å². The van der Waals surface area contributed by atoms with Gasteiger partial charge in [0, 0.05) is 19.8 Å². The summed E-state index contributed by atoms with van der Waals surface area (Å²) in [6.07, 6.45) is -3.69. The predicted molar refractivity (Wildman–Crippen MR) is 104 cm³/mol. The summed E-state index contributed by atoms with van der Waals surface area (Å²) in [5.41, 5.74) is -0.935. The first-order valence-corrected chi connectivity index (χ1v) is 9.58. The predicted octanol–water partition coefficient (Wildman–Crippen LogP) is 4.28. The van der Waals surface area contributed by atoms with Gasteiger partial charge in [-0.15, -0.1) is 0 Å². The number of nitriles is 1. The smallest absolute Gasteiger partial charge is 0.406 e. The summed E-state index contributed by atoms with van der Waals surface area (Å²) in [7, 11) is 0. The van der Waals surface area contributed by atoms with Crippen LogP contribution in [0, 0.1) is 17.2 Å². The van der Waals surface area contributed by atoms with Crippen molar-refractivity contribution in [3.63, 3.8) is 0 Å². The number of carbonyl (C=O) groups is 1. The van der Waals surface area contributed by atoms with E-state index >= 15 is 0 Å². The molecule has 1 aromatic heterocycles. The van der Waals surface area contributed by atoms with E-state index in [0.29, 0.717) is 13.2 Å². The second-order valence-electron chi connectivity index (χ2n) is 6.66. The number of hydrogen-bond donors (Lipinski definition) is 2. The second kappa shape index (κ2) is 9.80. The quantitative estimate of drug-likeness (QED) is 0.692. The maximum atomic E-state index is 13.5. The molecule has 31 heavy (non-hydrogen) atoms. The molecule has 0 radical (unpaired) electrons. The van der Waals surface area contributed by atoms with Crippen LogP contribution in [0.15, 0.2) is 24.4 Å². The Bertz CT molecular complexity index is 991. The van der Waals surface area contributed by atoms with Crippen molar-refractivity contribution in [1.82, 2.24) is 15.3 Å². The first-order chi connectivity index (χ1) is 14.8. The highest BCUT2D eigenvalue weighted by Crippen LogP contribution is 2.35. The molecule has 1 amide bonds. The third-order valence-electron chi connectivity index (χ3n) is 4.45. The molecular formula is C19H17ClF3N5O3. The van der Waals surface area contributed by atoms with E-state index in [2.05, 4.69) is 20.6 Å². The van der Waals surface area contributed by atoms with Gasteiger partial charge in [-0.25, -0.2) is 14.8 Å². The molecule has 3 rings (SSSR count). The number of nitrogens with one attached hydrogen (secondary N) is 2. The minimum atomic E-state index is -4.90. The molecule has 0 aliphatic carbocycles. The molecule has 2 aromatic rings. The van der Waals surface area contributed by atoms with Gasteiger partial charge in [0.05, 0.1) is 28.5 Å². The van der Waals surface area contributed by atoms with Crippen molar-refractivity contribution in [3.8, 4) is 11.8 Å². The number of amides is 1. The molecule has 0 bridgehead atoms. The zero-order valence-corrected chi connectivity index (χ0v) is 16.8. The molecule has 2 N–H and O–H groups in total. The summed E-state index contributed by atoms with van der Waals surface area (Å²) in [6, 6.07) is 6.07. The summed E-state index contributed by atoms with van der Waals surface area (Å²) in [5.74, 6) is -1.06. The van der Waals surface area contributed by atoms with Crippen LogP contribution in [0.25, 0.3) is 0 Å². The fourth-order valence-electron chi connectivity index (χ4n) is 2.83. The Morgan fingerprint density at radius 2 is 2.10 bits per heavy atom. The zero-order chi connectivity index (χ0) is 22.4. The van der Waals surface area contributed by atoms with Crippen LogP contribution >= 0.6 is 11.6 Å². The van der Waals surface area contributed by atoms with Crippen LogP contribution in [-0.4, -0.2) is 35.8 Å². The summed E-state index contributed by atoms with van der Waals surface area (Å²) in [4.78, 5) is 19.2. The van der Waals surface area contributed by atoms with Crippen molar-refractivity contribution in [2.45, 2.75) is 19.0 Å². The van der Waals surface area contributed by atoms with Crippen molar-refractivity contribution in [2.24, 2.45) is 5.92 Å². The van der Waals surface area contributed by atoms with Gasteiger partial charge in [-0.2, -0.15) is 18.4 Å². The lowest BCUT2D eigenvalue weighted by atomic mass is 10.0. The van der Waals surface area contributed by atoms with Crippen LogP contribution in [0.5, 0.6) is 5.75 Å². The van der Waals surface area contributed by atoms with Gasteiger partial charge in [-0.3, -0.25) is 0 Å². The number of benzene rings is 1. The third kappa shape index (κ3) is 6.19. The van der Waals surface area contributed by atoms with Crippen LogP contribution in [0.1, 0.15) is 24.1 Å².